The molecule has 1 N–H and O–H groups in total. The highest BCUT2D eigenvalue weighted by atomic mass is 35.5. The lowest BCUT2D eigenvalue weighted by molar-refractivity contribution is -0.141. The van der Waals surface area contributed by atoms with Crippen LogP contribution in [0.3, 0.4) is 0 Å². The van der Waals surface area contributed by atoms with Gasteiger partial charge in [-0.15, -0.1) is 0 Å². The molecule has 1 amide bonds. The summed E-state index contributed by atoms with van der Waals surface area (Å²) < 4.78 is 0. The van der Waals surface area contributed by atoms with E-state index in [1.165, 1.54) is 11.2 Å². The zero-order chi connectivity index (χ0) is 21.3. The number of nitrogens with zero attached hydrogens (tertiary/aromatic N) is 3. The molecular formula is C22H17Cl2N3O3. The molecule has 1 aliphatic rings. The van der Waals surface area contributed by atoms with Gasteiger partial charge >= 0.3 is 5.97 Å². The first-order chi connectivity index (χ1) is 14.5. The first-order valence-corrected chi connectivity index (χ1v) is 10.1. The summed E-state index contributed by atoms with van der Waals surface area (Å²) in [6, 6.07) is 10.7. The van der Waals surface area contributed by atoms with E-state index in [9.17, 15) is 14.7 Å². The second kappa shape index (κ2) is 8.42. The van der Waals surface area contributed by atoms with Crippen molar-refractivity contribution in [2.75, 3.05) is 0 Å². The number of carboxylic acids is 1. The third-order valence-electron chi connectivity index (χ3n) is 5.26. The zero-order valence-electron chi connectivity index (χ0n) is 15.7. The van der Waals surface area contributed by atoms with Gasteiger partial charge in [0.2, 0.25) is 0 Å². The fraction of sp³-hybridized carbons (Fsp3) is 0.182. The molecule has 0 unspecified atom stereocenters. The summed E-state index contributed by atoms with van der Waals surface area (Å²) in [5.41, 5.74) is 2.46. The first-order valence-electron chi connectivity index (χ1n) is 9.32. The molecule has 30 heavy (non-hydrogen) atoms. The number of aliphatic carboxylic acids is 1. The fourth-order valence-electron chi connectivity index (χ4n) is 3.86. The Balaban J connectivity index is 1.71. The van der Waals surface area contributed by atoms with Gasteiger partial charge in [0.15, 0.2) is 0 Å². The van der Waals surface area contributed by atoms with Gasteiger partial charge in [0.1, 0.15) is 12.4 Å². The van der Waals surface area contributed by atoms with Crippen LogP contribution in [0.5, 0.6) is 0 Å². The Kier molecular flexibility index (Phi) is 5.70. The van der Waals surface area contributed by atoms with Crippen LogP contribution in [-0.2, 0) is 4.79 Å². The van der Waals surface area contributed by atoms with Gasteiger partial charge in [-0.3, -0.25) is 4.79 Å². The van der Waals surface area contributed by atoms with Gasteiger partial charge < -0.3 is 10.0 Å². The van der Waals surface area contributed by atoms with Crippen molar-refractivity contribution < 1.29 is 14.7 Å². The number of amides is 1. The summed E-state index contributed by atoms with van der Waals surface area (Å²) in [6.07, 6.45) is 5.54. The van der Waals surface area contributed by atoms with E-state index in [0.29, 0.717) is 34.0 Å². The molecule has 1 fully saturated rings. The quantitative estimate of drug-likeness (QED) is 0.623. The lowest BCUT2D eigenvalue weighted by Gasteiger charge is -2.29. The molecule has 0 spiro atoms. The maximum Gasteiger partial charge on any atom is 0.326 e. The Morgan fingerprint density at radius 2 is 1.73 bits per heavy atom. The van der Waals surface area contributed by atoms with E-state index in [0.717, 1.165) is 11.1 Å². The van der Waals surface area contributed by atoms with E-state index < -0.39 is 24.0 Å². The van der Waals surface area contributed by atoms with Crippen molar-refractivity contribution in [1.29, 1.82) is 0 Å². The molecule has 0 aliphatic carbocycles. The van der Waals surface area contributed by atoms with Gasteiger partial charge in [-0.2, -0.15) is 0 Å². The number of carboxylic acid groups (broad SMARTS) is 1. The largest absolute Gasteiger partial charge is 0.480 e. The topological polar surface area (TPSA) is 83.4 Å². The Hall–Kier alpha value is -2.96. The highest BCUT2D eigenvalue weighted by molar-refractivity contribution is 6.33. The van der Waals surface area contributed by atoms with Gasteiger partial charge in [-0.1, -0.05) is 47.5 Å². The van der Waals surface area contributed by atoms with Crippen molar-refractivity contribution in [3.63, 3.8) is 0 Å². The fourth-order valence-corrected chi connectivity index (χ4v) is 4.41. The maximum absolute atomic E-state index is 13.4. The Morgan fingerprint density at radius 3 is 2.40 bits per heavy atom. The number of carbonyl (C=O) groups is 2. The van der Waals surface area contributed by atoms with Crippen molar-refractivity contribution in [3.8, 4) is 11.1 Å². The highest BCUT2D eigenvalue weighted by Crippen LogP contribution is 2.40. The number of rotatable bonds is 4. The molecule has 0 bridgehead atoms. The molecule has 0 radical (unpaired) electrons. The molecule has 152 valence electrons. The van der Waals surface area contributed by atoms with E-state index in [1.807, 2.05) is 12.1 Å². The van der Waals surface area contributed by atoms with Crippen molar-refractivity contribution in [2.45, 2.75) is 24.9 Å². The van der Waals surface area contributed by atoms with Crippen LogP contribution in [0.4, 0.5) is 0 Å². The minimum atomic E-state index is -1.04. The van der Waals surface area contributed by atoms with E-state index in [4.69, 9.17) is 23.2 Å². The maximum atomic E-state index is 13.4. The summed E-state index contributed by atoms with van der Waals surface area (Å²) >= 11 is 12.8. The number of likely N-dealkylation sites (tertiary alicyclic amines) is 1. The van der Waals surface area contributed by atoms with Crippen LogP contribution in [0, 0.1) is 0 Å². The van der Waals surface area contributed by atoms with Crippen LogP contribution < -0.4 is 0 Å². The molecule has 4 rings (SSSR count). The van der Waals surface area contributed by atoms with Crippen molar-refractivity contribution in [3.05, 3.63) is 82.4 Å². The van der Waals surface area contributed by atoms with Crippen LogP contribution in [0.2, 0.25) is 10.0 Å². The molecule has 0 saturated carbocycles. The van der Waals surface area contributed by atoms with Gasteiger partial charge in [-0.25, -0.2) is 14.8 Å². The summed E-state index contributed by atoms with van der Waals surface area (Å²) in [7, 11) is 0. The molecular weight excluding hydrogens is 425 g/mol. The Labute approximate surface area is 183 Å². The molecule has 2 aromatic carbocycles. The summed E-state index contributed by atoms with van der Waals surface area (Å²) in [4.78, 5) is 34.6. The average molecular weight is 442 g/mol. The average Bonchev–Trinajstić information content (AvgIpc) is 3.19. The van der Waals surface area contributed by atoms with Gasteiger partial charge in [-0.05, 0) is 36.6 Å². The van der Waals surface area contributed by atoms with Crippen molar-refractivity contribution >= 4 is 35.1 Å². The number of benzene rings is 2. The molecule has 2 atom stereocenters. The lowest BCUT2D eigenvalue weighted by atomic mass is 10.0. The predicted octanol–water partition coefficient (Wildman–Crippen LogP) is 4.88. The zero-order valence-corrected chi connectivity index (χ0v) is 17.2. The molecule has 8 heteroatoms. The summed E-state index contributed by atoms with van der Waals surface area (Å²) in [6.45, 7) is 0. The number of hydrogen-bond acceptors (Lipinski definition) is 4. The van der Waals surface area contributed by atoms with Crippen molar-refractivity contribution in [2.24, 2.45) is 0 Å². The monoisotopic (exact) mass is 441 g/mol. The molecule has 2 heterocycles. The molecule has 6 nitrogen and oxygen atoms in total. The minimum Gasteiger partial charge on any atom is -0.480 e. The summed E-state index contributed by atoms with van der Waals surface area (Å²) in [5.74, 6) is -1.44. The number of halogens is 2. The third kappa shape index (κ3) is 3.76. The summed E-state index contributed by atoms with van der Waals surface area (Å²) in [5, 5.41) is 10.6. The van der Waals surface area contributed by atoms with Crippen molar-refractivity contribution in [1.82, 2.24) is 14.9 Å². The predicted molar refractivity (Wildman–Crippen MR) is 113 cm³/mol. The van der Waals surface area contributed by atoms with Gasteiger partial charge in [0, 0.05) is 39.1 Å². The van der Waals surface area contributed by atoms with E-state index >= 15 is 0 Å². The third-order valence-corrected chi connectivity index (χ3v) is 5.91. The SMILES string of the molecule is O=C(O)[C@@H]1CC[C@H](c2ccccc2Cl)N1C(=O)c1ccc(-c2cncnc2)c(Cl)c1. The van der Waals surface area contributed by atoms with E-state index in [1.54, 1.807) is 42.7 Å². The van der Waals surface area contributed by atoms with Crippen LogP contribution in [0.1, 0.15) is 34.8 Å². The van der Waals surface area contributed by atoms with Gasteiger partial charge in [0.05, 0.1) is 6.04 Å². The normalized spacial score (nSPS) is 18.4. The second-order valence-corrected chi connectivity index (χ2v) is 7.82. The number of aromatic nitrogens is 2. The first kappa shape index (κ1) is 20.3. The number of hydrogen-bond donors (Lipinski definition) is 1. The van der Waals surface area contributed by atoms with Crippen LogP contribution in [0.25, 0.3) is 11.1 Å². The Bertz CT molecular complexity index is 1110. The van der Waals surface area contributed by atoms with Crippen LogP contribution in [-0.4, -0.2) is 37.9 Å². The van der Waals surface area contributed by atoms with Crippen LogP contribution in [0.15, 0.2) is 61.2 Å². The molecule has 1 aliphatic heterocycles. The Morgan fingerprint density at radius 1 is 1.00 bits per heavy atom. The minimum absolute atomic E-state index is 0.311. The lowest BCUT2D eigenvalue weighted by Crippen LogP contribution is -2.41. The standard InChI is InChI=1S/C22H17Cl2N3O3/c23-17-4-2-1-3-16(17)19-7-8-20(22(29)30)27(19)21(28)13-5-6-15(18(24)9-13)14-10-25-12-26-11-14/h1-6,9-12,19-20H,7-8H2,(H,29,30)/t19-,20+/m1/s1. The molecule has 1 saturated heterocycles. The van der Waals surface area contributed by atoms with Crippen LogP contribution >= 0.6 is 23.2 Å². The van der Waals surface area contributed by atoms with Gasteiger partial charge in [0.25, 0.3) is 5.91 Å². The second-order valence-electron chi connectivity index (χ2n) is 7.00. The van der Waals surface area contributed by atoms with E-state index in [2.05, 4.69) is 9.97 Å². The van der Waals surface area contributed by atoms with E-state index in [-0.39, 0.29) is 0 Å². The number of carbonyl (C=O) groups excluding carboxylic acids is 1. The smallest absolute Gasteiger partial charge is 0.326 e. The molecule has 3 aromatic rings. The highest BCUT2D eigenvalue weighted by Gasteiger charge is 2.42. The molecule has 1 aromatic heterocycles.